The first-order valence-corrected chi connectivity index (χ1v) is 7.63. The summed E-state index contributed by atoms with van der Waals surface area (Å²) in [5, 5.41) is 3.13. The van der Waals surface area contributed by atoms with Crippen molar-refractivity contribution in [1.82, 2.24) is 5.32 Å². The van der Waals surface area contributed by atoms with Gasteiger partial charge in [-0.15, -0.1) is 0 Å². The van der Waals surface area contributed by atoms with E-state index in [1.165, 1.54) is 24.0 Å². The second-order valence-electron chi connectivity index (χ2n) is 5.69. The van der Waals surface area contributed by atoms with E-state index in [4.69, 9.17) is 0 Å². The van der Waals surface area contributed by atoms with Gasteiger partial charge in [-0.1, -0.05) is 46.3 Å². The van der Waals surface area contributed by atoms with Crippen molar-refractivity contribution in [3.63, 3.8) is 0 Å². The Hall–Kier alpha value is -1.05. The molecular weight excluding hydrogens is 234 g/mol. The summed E-state index contributed by atoms with van der Waals surface area (Å²) in [6, 6.07) is 1.15. The van der Waals surface area contributed by atoms with Crippen LogP contribution in [-0.2, 0) is 4.79 Å². The van der Waals surface area contributed by atoms with E-state index in [2.05, 4.69) is 38.2 Å². The minimum absolute atomic E-state index is 0.130. The number of unbranched alkanes of at least 4 members (excludes halogenated alkanes) is 1. The van der Waals surface area contributed by atoms with Crippen molar-refractivity contribution in [3.8, 4) is 0 Å². The van der Waals surface area contributed by atoms with Gasteiger partial charge in [-0.05, 0) is 42.7 Å². The number of nitrogens with one attached hydrogen (secondary N) is 1. The van der Waals surface area contributed by atoms with Crippen LogP contribution in [0.2, 0.25) is 0 Å². The third-order valence-electron chi connectivity index (χ3n) is 3.42. The molecule has 1 aliphatic rings. The standard InChI is InChI=1S/C17H28NO/c1-5-7-9-14-10-8-11-15(14)16(12-13(3)4)18-17(19)6-2/h8,10,13H,5-7,9,11-12H2,1-4H3,(H,18,19). The molecule has 0 unspecified atom stereocenters. The van der Waals surface area contributed by atoms with Crippen molar-refractivity contribution in [3.05, 3.63) is 29.3 Å². The lowest BCUT2D eigenvalue weighted by Crippen LogP contribution is -2.30. The molecule has 1 amide bonds. The molecule has 1 radical (unpaired) electrons. The molecule has 0 heterocycles. The van der Waals surface area contributed by atoms with Crippen LogP contribution < -0.4 is 5.32 Å². The molecule has 1 N–H and O–H groups in total. The first-order valence-electron chi connectivity index (χ1n) is 7.63. The van der Waals surface area contributed by atoms with E-state index < -0.39 is 0 Å². The summed E-state index contributed by atoms with van der Waals surface area (Å²) in [6.45, 7) is 8.53. The Bertz CT molecular complexity index is 352. The fourth-order valence-corrected chi connectivity index (χ4v) is 2.38. The van der Waals surface area contributed by atoms with E-state index in [9.17, 15) is 4.79 Å². The predicted octanol–water partition coefficient (Wildman–Crippen LogP) is 4.54. The molecule has 0 aromatic rings. The molecule has 0 saturated heterocycles. The minimum atomic E-state index is 0.130. The van der Waals surface area contributed by atoms with E-state index in [0.717, 1.165) is 25.3 Å². The van der Waals surface area contributed by atoms with Crippen molar-refractivity contribution in [2.24, 2.45) is 5.92 Å². The molecule has 0 spiro atoms. The van der Waals surface area contributed by atoms with Gasteiger partial charge in [-0.3, -0.25) is 4.79 Å². The lowest BCUT2D eigenvalue weighted by atomic mass is 9.92. The van der Waals surface area contributed by atoms with Crippen molar-refractivity contribution in [2.45, 2.75) is 66.2 Å². The van der Waals surface area contributed by atoms with Crippen molar-refractivity contribution in [2.75, 3.05) is 0 Å². The topological polar surface area (TPSA) is 29.1 Å². The predicted molar refractivity (Wildman–Crippen MR) is 81.4 cm³/mol. The average molecular weight is 262 g/mol. The maximum absolute atomic E-state index is 11.7. The van der Waals surface area contributed by atoms with Gasteiger partial charge in [0.1, 0.15) is 0 Å². The lowest BCUT2D eigenvalue weighted by Gasteiger charge is -2.22. The molecule has 1 aliphatic carbocycles. The maximum Gasteiger partial charge on any atom is 0.220 e. The van der Waals surface area contributed by atoms with Gasteiger partial charge in [0.15, 0.2) is 0 Å². The Kier molecular flexibility index (Phi) is 6.90. The van der Waals surface area contributed by atoms with Crippen LogP contribution in [0.25, 0.3) is 0 Å². The smallest absolute Gasteiger partial charge is 0.220 e. The lowest BCUT2D eigenvalue weighted by molar-refractivity contribution is -0.120. The first kappa shape index (κ1) is 16.0. The molecule has 0 aromatic carbocycles. The maximum atomic E-state index is 11.7. The highest BCUT2D eigenvalue weighted by Crippen LogP contribution is 2.32. The molecule has 2 heteroatoms. The summed E-state index contributed by atoms with van der Waals surface area (Å²) in [5.74, 6) is 0.692. The van der Waals surface area contributed by atoms with Gasteiger partial charge in [0, 0.05) is 6.42 Å². The van der Waals surface area contributed by atoms with E-state index >= 15 is 0 Å². The average Bonchev–Trinajstić information content (AvgIpc) is 2.83. The quantitative estimate of drug-likeness (QED) is 0.683. The summed E-state index contributed by atoms with van der Waals surface area (Å²) in [5.41, 5.74) is 2.79. The van der Waals surface area contributed by atoms with Crippen LogP contribution in [0, 0.1) is 12.0 Å². The van der Waals surface area contributed by atoms with Crippen LogP contribution in [0.3, 0.4) is 0 Å². The van der Waals surface area contributed by atoms with Gasteiger partial charge in [-0.2, -0.15) is 0 Å². The number of carbonyl (C=O) groups is 1. The Morgan fingerprint density at radius 1 is 1.37 bits per heavy atom. The molecule has 0 saturated carbocycles. The minimum Gasteiger partial charge on any atom is -0.344 e. The van der Waals surface area contributed by atoms with E-state index in [1.807, 2.05) is 6.92 Å². The summed E-state index contributed by atoms with van der Waals surface area (Å²) >= 11 is 0. The number of hydrogen-bond acceptors (Lipinski definition) is 1. The molecule has 107 valence electrons. The molecule has 0 aromatic heterocycles. The van der Waals surface area contributed by atoms with Gasteiger partial charge in [0.2, 0.25) is 5.91 Å². The van der Waals surface area contributed by atoms with Gasteiger partial charge in [0.05, 0.1) is 6.04 Å². The number of allylic oxidation sites excluding steroid dienone is 3. The summed E-state index contributed by atoms with van der Waals surface area (Å²) in [7, 11) is 0. The highest BCUT2D eigenvalue weighted by molar-refractivity contribution is 5.77. The zero-order valence-electron chi connectivity index (χ0n) is 12.9. The number of carbonyl (C=O) groups excluding carboxylic acids is 1. The Labute approximate surface area is 118 Å². The molecule has 0 atom stereocenters. The largest absolute Gasteiger partial charge is 0.344 e. The van der Waals surface area contributed by atoms with Crippen molar-refractivity contribution >= 4 is 5.91 Å². The third-order valence-corrected chi connectivity index (χ3v) is 3.42. The zero-order valence-corrected chi connectivity index (χ0v) is 12.9. The van der Waals surface area contributed by atoms with Crippen LogP contribution in [0.5, 0.6) is 0 Å². The van der Waals surface area contributed by atoms with Gasteiger partial charge >= 0.3 is 0 Å². The SMILES string of the molecule is CCCCC1=C([C](CC(C)C)NC(=O)CC)CC=C1. The van der Waals surface area contributed by atoms with E-state index in [1.54, 1.807) is 0 Å². The monoisotopic (exact) mass is 262 g/mol. The highest BCUT2D eigenvalue weighted by Gasteiger charge is 2.22. The molecule has 0 aliphatic heterocycles. The van der Waals surface area contributed by atoms with Gasteiger partial charge < -0.3 is 5.32 Å². The highest BCUT2D eigenvalue weighted by atomic mass is 16.1. The van der Waals surface area contributed by atoms with Gasteiger partial charge in [0.25, 0.3) is 0 Å². The van der Waals surface area contributed by atoms with Crippen LogP contribution in [0.4, 0.5) is 0 Å². The molecule has 0 bridgehead atoms. The van der Waals surface area contributed by atoms with Crippen molar-refractivity contribution < 1.29 is 4.79 Å². The molecule has 19 heavy (non-hydrogen) atoms. The fraction of sp³-hybridized carbons (Fsp3) is 0.647. The molecule has 1 rings (SSSR count). The number of rotatable bonds is 8. The van der Waals surface area contributed by atoms with Crippen molar-refractivity contribution in [1.29, 1.82) is 0 Å². The van der Waals surface area contributed by atoms with E-state index in [-0.39, 0.29) is 5.91 Å². The van der Waals surface area contributed by atoms with Crippen LogP contribution in [0.15, 0.2) is 23.3 Å². The Balaban J connectivity index is 2.79. The normalized spacial score (nSPS) is 14.8. The summed E-state index contributed by atoms with van der Waals surface area (Å²) in [6.07, 6.45) is 10.5. The molecule has 0 fully saturated rings. The van der Waals surface area contributed by atoms with Crippen LogP contribution in [-0.4, -0.2) is 5.91 Å². The van der Waals surface area contributed by atoms with E-state index in [0.29, 0.717) is 12.3 Å². The number of hydrogen-bond donors (Lipinski definition) is 1. The molecule has 2 nitrogen and oxygen atoms in total. The first-order chi connectivity index (χ1) is 9.08. The number of amides is 1. The summed E-state index contributed by atoms with van der Waals surface area (Å²) in [4.78, 5) is 11.7. The Morgan fingerprint density at radius 3 is 2.68 bits per heavy atom. The third kappa shape index (κ3) is 5.22. The Morgan fingerprint density at radius 2 is 2.11 bits per heavy atom. The second kappa shape index (κ2) is 8.19. The van der Waals surface area contributed by atoms with Crippen LogP contribution >= 0.6 is 0 Å². The second-order valence-corrected chi connectivity index (χ2v) is 5.69. The fourth-order valence-electron chi connectivity index (χ4n) is 2.38. The zero-order chi connectivity index (χ0) is 14.3. The molecular formula is C17H28NO. The summed E-state index contributed by atoms with van der Waals surface area (Å²) < 4.78 is 0. The van der Waals surface area contributed by atoms with Crippen LogP contribution in [0.1, 0.15) is 66.2 Å². The van der Waals surface area contributed by atoms with Gasteiger partial charge in [-0.25, -0.2) is 0 Å².